The molecule has 1 aliphatic rings. The van der Waals surface area contributed by atoms with Crippen LogP contribution in [0.1, 0.15) is 45.6 Å². The Labute approximate surface area is 132 Å². The first-order valence-corrected chi connectivity index (χ1v) is 9.14. The van der Waals surface area contributed by atoms with Gasteiger partial charge in [0.1, 0.15) is 0 Å². The second-order valence-corrected chi connectivity index (χ2v) is 8.40. The van der Waals surface area contributed by atoms with Gasteiger partial charge in [0.05, 0.1) is 4.90 Å². The highest BCUT2D eigenvalue weighted by Crippen LogP contribution is 2.33. The van der Waals surface area contributed by atoms with Crippen molar-refractivity contribution in [1.82, 2.24) is 10.0 Å². The molecular weight excluding hydrogens is 308 g/mol. The maximum Gasteiger partial charge on any atom is 0.241 e. The van der Waals surface area contributed by atoms with Gasteiger partial charge < -0.3 is 5.32 Å². The van der Waals surface area contributed by atoms with Crippen LogP contribution in [-0.4, -0.2) is 20.0 Å². The van der Waals surface area contributed by atoms with Crippen LogP contribution in [0.25, 0.3) is 0 Å². The third-order valence-electron chi connectivity index (χ3n) is 3.87. The van der Waals surface area contributed by atoms with E-state index in [-0.39, 0.29) is 10.4 Å². The van der Waals surface area contributed by atoms with Gasteiger partial charge in [-0.15, -0.1) is 0 Å². The van der Waals surface area contributed by atoms with E-state index in [0.717, 1.165) is 24.8 Å². The molecule has 0 aromatic heterocycles. The Morgan fingerprint density at radius 3 is 2.48 bits per heavy atom. The van der Waals surface area contributed by atoms with Crippen molar-refractivity contribution in [1.29, 1.82) is 0 Å². The largest absolute Gasteiger partial charge is 0.310 e. The molecule has 0 aliphatic heterocycles. The molecule has 0 atom stereocenters. The van der Waals surface area contributed by atoms with Crippen molar-refractivity contribution < 1.29 is 8.42 Å². The SMILES string of the molecule is CC(C)NCc1ccc(S(=O)(=O)NC2(C)CCC2)cc1Cl. The van der Waals surface area contributed by atoms with Crippen molar-refractivity contribution in [2.24, 2.45) is 0 Å². The van der Waals surface area contributed by atoms with E-state index in [9.17, 15) is 8.42 Å². The summed E-state index contributed by atoms with van der Waals surface area (Å²) in [6, 6.07) is 5.27. The van der Waals surface area contributed by atoms with Crippen LogP contribution in [0.15, 0.2) is 23.1 Å². The molecular formula is C15H23ClN2O2S. The molecule has 0 radical (unpaired) electrons. The second-order valence-electron chi connectivity index (χ2n) is 6.31. The van der Waals surface area contributed by atoms with Crippen molar-refractivity contribution in [2.75, 3.05) is 0 Å². The third-order valence-corrected chi connectivity index (χ3v) is 5.86. The number of hydrogen-bond donors (Lipinski definition) is 2. The van der Waals surface area contributed by atoms with Crippen LogP contribution in [0, 0.1) is 0 Å². The van der Waals surface area contributed by atoms with E-state index in [0.29, 0.717) is 17.6 Å². The van der Waals surface area contributed by atoms with Gasteiger partial charge >= 0.3 is 0 Å². The molecule has 0 spiro atoms. The fourth-order valence-corrected chi connectivity index (χ4v) is 4.15. The average Bonchev–Trinajstić information content (AvgIpc) is 2.34. The summed E-state index contributed by atoms with van der Waals surface area (Å²) in [5.74, 6) is 0. The fraction of sp³-hybridized carbons (Fsp3) is 0.600. The summed E-state index contributed by atoms with van der Waals surface area (Å²) in [4.78, 5) is 0.230. The summed E-state index contributed by atoms with van der Waals surface area (Å²) in [7, 11) is -3.50. The zero-order valence-corrected chi connectivity index (χ0v) is 14.3. The monoisotopic (exact) mass is 330 g/mol. The summed E-state index contributed by atoms with van der Waals surface area (Å²) < 4.78 is 27.5. The smallest absolute Gasteiger partial charge is 0.241 e. The summed E-state index contributed by atoms with van der Waals surface area (Å²) in [6.07, 6.45) is 2.84. The maximum absolute atomic E-state index is 12.4. The highest BCUT2D eigenvalue weighted by molar-refractivity contribution is 7.89. The lowest BCUT2D eigenvalue weighted by atomic mass is 9.80. The third kappa shape index (κ3) is 4.19. The van der Waals surface area contributed by atoms with Crippen molar-refractivity contribution >= 4 is 21.6 Å². The van der Waals surface area contributed by atoms with Crippen LogP contribution in [-0.2, 0) is 16.6 Å². The topological polar surface area (TPSA) is 58.2 Å². The van der Waals surface area contributed by atoms with Crippen LogP contribution in [0.3, 0.4) is 0 Å². The quantitative estimate of drug-likeness (QED) is 0.842. The van der Waals surface area contributed by atoms with E-state index < -0.39 is 10.0 Å². The zero-order chi connectivity index (χ0) is 15.7. The average molecular weight is 331 g/mol. The van der Waals surface area contributed by atoms with Gasteiger partial charge in [0, 0.05) is 23.1 Å². The molecule has 0 saturated heterocycles. The van der Waals surface area contributed by atoms with Crippen molar-refractivity contribution in [3.8, 4) is 0 Å². The minimum Gasteiger partial charge on any atom is -0.310 e. The summed E-state index contributed by atoms with van der Waals surface area (Å²) in [5.41, 5.74) is 0.600. The van der Waals surface area contributed by atoms with E-state index in [1.165, 1.54) is 6.07 Å². The maximum atomic E-state index is 12.4. The molecule has 118 valence electrons. The second kappa shape index (κ2) is 6.24. The zero-order valence-electron chi connectivity index (χ0n) is 12.7. The number of rotatable bonds is 6. The van der Waals surface area contributed by atoms with E-state index >= 15 is 0 Å². The predicted molar refractivity (Wildman–Crippen MR) is 86.0 cm³/mol. The molecule has 4 nitrogen and oxygen atoms in total. The van der Waals surface area contributed by atoms with Gasteiger partial charge in [-0.3, -0.25) is 0 Å². The number of hydrogen-bond acceptors (Lipinski definition) is 3. The summed E-state index contributed by atoms with van der Waals surface area (Å²) in [5, 5.41) is 3.74. The number of nitrogens with one attached hydrogen (secondary N) is 2. The van der Waals surface area contributed by atoms with Gasteiger partial charge in [0.15, 0.2) is 0 Å². The number of benzene rings is 1. The molecule has 1 aromatic carbocycles. The molecule has 0 heterocycles. The Morgan fingerprint density at radius 1 is 1.33 bits per heavy atom. The lowest BCUT2D eigenvalue weighted by Crippen LogP contribution is -2.50. The van der Waals surface area contributed by atoms with E-state index in [1.54, 1.807) is 12.1 Å². The van der Waals surface area contributed by atoms with Gasteiger partial charge in [0.2, 0.25) is 10.0 Å². The Kier molecular flexibility index (Phi) is 4.98. The van der Waals surface area contributed by atoms with Gasteiger partial charge in [-0.05, 0) is 43.9 Å². The molecule has 21 heavy (non-hydrogen) atoms. The minimum absolute atomic E-state index is 0.230. The summed E-state index contributed by atoms with van der Waals surface area (Å²) >= 11 is 6.21. The lowest BCUT2D eigenvalue weighted by Gasteiger charge is -2.38. The predicted octanol–water partition coefficient (Wildman–Crippen LogP) is 3.06. The van der Waals surface area contributed by atoms with Crippen molar-refractivity contribution in [3.05, 3.63) is 28.8 Å². The Morgan fingerprint density at radius 2 is 2.00 bits per heavy atom. The van der Waals surface area contributed by atoms with E-state index in [1.807, 2.05) is 6.92 Å². The van der Waals surface area contributed by atoms with Gasteiger partial charge in [-0.2, -0.15) is 0 Å². The molecule has 1 aromatic rings. The summed E-state index contributed by atoms with van der Waals surface area (Å²) in [6.45, 7) is 6.67. The van der Waals surface area contributed by atoms with Crippen LogP contribution >= 0.6 is 11.6 Å². The lowest BCUT2D eigenvalue weighted by molar-refractivity contribution is 0.248. The Hall–Kier alpha value is -0.620. The van der Waals surface area contributed by atoms with Crippen molar-refractivity contribution in [3.63, 3.8) is 0 Å². The molecule has 0 bridgehead atoms. The van der Waals surface area contributed by atoms with E-state index in [2.05, 4.69) is 23.9 Å². The molecule has 2 N–H and O–H groups in total. The van der Waals surface area contributed by atoms with Crippen LogP contribution in [0.4, 0.5) is 0 Å². The molecule has 0 amide bonds. The van der Waals surface area contributed by atoms with E-state index in [4.69, 9.17) is 11.6 Å². The van der Waals surface area contributed by atoms with Gasteiger partial charge in [0.25, 0.3) is 0 Å². The highest BCUT2D eigenvalue weighted by atomic mass is 35.5. The Bertz CT molecular complexity index is 610. The van der Waals surface area contributed by atoms with Crippen molar-refractivity contribution in [2.45, 2.75) is 63.1 Å². The van der Waals surface area contributed by atoms with Crippen LogP contribution in [0.5, 0.6) is 0 Å². The molecule has 2 rings (SSSR count). The highest BCUT2D eigenvalue weighted by Gasteiger charge is 2.36. The van der Waals surface area contributed by atoms with Gasteiger partial charge in [-0.1, -0.05) is 31.5 Å². The van der Waals surface area contributed by atoms with Crippen LogP contribution in [0.2, 0.25) is 5.02 Å². The first kappa shape index (κ1) is 16.7. The minimum atomic E-state index is -3.50. The van der Waals surface area contributed by atoms with Gasteiger partial charge in [-0.25, -0.2) is 13.1 Å². The normalized spacial score (nSPS) is 17.8. The Balaban J connectivity index is 2.15. The molecule has 1 fully saturated rings. The fourth-order valence-electron chi connectivity index (χ4n) is 2.35. The molecule has 1 aliphatic carbocycles. The first-order chi connectivity index (χ1) is 9.72. The first-order valence-electron chi connectivity index (χ1n) is 7.28. The standard InChI is InChI=1S/C15H23ClN2O2S/c1-11(2)17-10-12-5-6-13(9-14(12)16)21(19,20)18-15(3)7-4-8-15/h5-6,9,11,17-18H,4,7-8,10H2,1-3H3. The van der Waals surface area contributed by atoms with Crippen LogP contribution < -0.4 is 10.0 Å². The molecule has 0 unspecified atom stereocenters. The molecule has 6 heteroatoms. The molecule has 1 saturated carbocycles. The number of sulfonamides is 1. The number of halogens is 1.